The average molecular weight is 324 g/mol. The Kier molecular flexibility index (Phi) is 3.97. The van der Waals surface area contributed by atoms with Crippen molar-refractivity contribution in [1.82, 2.24) is 10.2 Å². The molecule has 2 fully saturated rings. The normalized spacial score (nSPS) is 20.3. The Morgan fingerprint density at radius 3 is 2.61 bits per heavy atom. The van der Waals surface area contributed by atoms with E-state index in [4.69, 9.17) is 4.74 Å². The number of amides is 3. The predicted octanol–water partition coefficient (Wildman–Crippen LogP) is 0.750. The summed E-state index contributed by atoms with van der Waals surface area (Å²) in [5, 5.41) is 2.16. The van der Waals surface area contributed by atoms with Gasteiger partial charge in [-0.3, -0.25) is 19.7 Å². The number of carbonyl (C=O) groups is 3. The van der Waals surface area contributed by atoms with Crippen LogP contribution in [0.1, 0.15) is 19.3 Å². The van der Waals surface area contributed by atoms with Crippen molar-refractivity contribution in [2.75, 3.05) is 6.61 Å². The number of rotatable bonds is 5. The van der Waals surface area contributed by atoms with E-state index in [0.717, 1.165) is 25.0 Å². The van der Waals surface area contributed by atoms with Crippen molar-refractivity contribution in [2.45, 2.75) is 31.3 Å². The number of nitrogens with one attached hydrogen (secondary N) is 1. The van der Waals surface area contributed by atoms with Gasteiger partial charge in [-0.1, -0.05) is 0 Å². The van der Waals surface area contributed by atoms with Crippen molar-refractivity contribution in [3.63, 3.8) is 0 Å². The molecule has 3 rings (SSSR count). The van der Waals surface area contributed by atoms with E-state index in [2.05, 4.69) is 5.32 Å². The maximum absolute atomic E-state index is 13.5. The van der Waals surface area contributed by atoms with Gasteiger partial charge in [0.2, 0.25) is 11.8 Å². The summed E-state index contributed by atoms with van der Waals surface area (Å²) < 4.78 is 31.4. The molecule has 0 aromatic heterocycles. The van der Waals surface area contributed by atoms with Crippen LogP contribution in [0.25, 0.3) is 0 Å². The van der Waals surface area contributed by atoms with Gasteiger partial charge in [-0.25, -0.2) is 8.78 Å². The zero-order chi connectivity index (χ0) is 16.6. The molecule has 1 unspecified atom stereocenters. The Bertz CT molecular complexity index is 675. The summed E-state index contributed by atoms with van der Waals surface area (Å²) in [6.07, 6.45) is 1.41. The number of carbonyl (C=O) groups excluding carboxylic acids is 3. The Hall–Kier alpha value is -2.51. The first kappa shape index (κ1) is 15.4. The molecular weight excluding hydrogens is 310 g/mol. The number of nitrogens with zero attached hydrogens (tertiary/aromatic N) is 1. The smallest absolute Gasteiger partial charge is 0.261 e. The van der Waals surface area contributed by atoms with Gasteiger partial charge in [-0.05, 0) is 25.0 Å². The molecular formula is C15H14F2N2O4. The molecule has 0 radical (unpaired) electrons. The topological polar surface area (TPSA) is 75.7 Å². The average Bonchev–Trinajstić information content (AvgIpc) is 3.24. The van der Waals surface area contributed by atoms with Crippen LogP contribution in [-0.4, -0.2) is 41.3 Å². The minimum atomic E-state index is -0.912. The summed E-state index contributed by atoms with van der Waals surface area (Å²) in [6, 6.07) is 1.81. The van der Waals surface area contributed by atoms with Gasteiger partial charge in [0, 0.05) is 12.1 Å². The SMILES string of the molecule is O=C1CC(N(C(=O)COc2ccc(F)cc2F)C2CC2)C(=O)N1. The first-order valence-electron chi connectivity index (χ1n) is 7.18. The van der Waals surface area contributed by atoms with Gasteiger partial charge in [0.25, 0.3) is 5.91 Å². The summed E-state index contributed by atoms with van der Waals surface area (Å²) in [5.74, 6) is -3.35. The molecule has 1 aromatic rings. The molecule has 6 nitrogen and oxygen atoms in total. The fourth-order valence-electron chi connectivity index (χ4n) is 2.56. The quantitative estimate of drug-likeness (QED) is 0.811. The second-order valence-corrected chi connectivity index (χ2v) is 5.53. The fraction of sp³-hybridized carbons (Fsp3) is 0.400. The van der Waals surface area contributed by atoms with E-state index in [1.54, 1.807) is 0 Å². The van der Waals surface area contributed by atoms with Gasteiger partial charge >= 0.3 is 0 Å². The molecule has 2 aliphatic rings. The number of hydrogen-bond donors (Lipinski definition) is 1. The van der Waals surface area contributed by atoms with Crippen LogP contribution in [0, 0.1) is 11.6 Å². The lowest BCUT2D eigenvalue weighted by atomic mass is 10.2. The van der Waals surface area contributed by atoms with Crippen LogP contribution in [-0.2, 0) is 14.4 Å². The monoisotopic (exact) mass is 324 g/mol. The summed E-state index contributed by atoms with van der Waals surface area (Å²) in [4.78, 5) is 36.7. The summed E-state index contributed by atoms with van der Waals surface area (Å²) in [5.41, 5.74) is 0. The molecule has 1 atom stereocenters. The van der Waals surface area contributed by atoms with Gasteiger partial charge in [-0.2, -0.15) is 0 Å². The van der Waals surface area contributed by atoms with E-state index >= 15 is 0 Å². The molecule has 23 heavy (non-hydrogen) atoms. The molecule has 1 saturated carbocycles. The third-order valence-corrected chi connectivity index (χ3v) is 3.75. The van der Waals surface area contributed by atoms with Gasteiger partial charge in [-0.15, -0.1) is 0 Å². The van der Waals surface area contributed by atoms with Crippen LogP contribution in [0.2, 0.25) is 0 Å². The van der Waals surface area contributed by atoms with Crippen molar-refractivity contribution in [3.8, 4) is 5.75 Å². The van der Waals surface area contributed by atoms with Crippen LogP contribution in [0.4, 0.5) is 8.78 Å². The summed E-state index contributed by atoms with van der Waals surface area (Å²) in [7, 11) is 0. The Morgan fingerprint density at radius 2 is 2.04 bits per heavy atom. The number of imide groups is 1. The molecule has 1 saturated heterocycles. The van der Waals surface area contributed by atoms with Gasteiger partial charge in [0.05, 0.1) is 6.42 Å². The predicted molar refractivity (Wildman–Crippen MR) is 73.3 cm³/mol. The lowest BCUT2D eigenvalue weighted by Crippen LogP contribution is -2.47. The van der Waals surface area contributed by atoms with Crippen molar-refractivity contribution >= 4 is 17.7 Å². The second kappa shape index (κ2) is 5.94. The Morgan fingerprint density at radius 1 is 1.30 bits per heavy atom. The highest BCUT2D eigenvalue weighted by Crippen LogP contribution is 2.31. The van der Waals surface area contributed by atoms with Crippen molar-refractivity contribution in [2.24, 2.45) is 0 Å². The van der Waals surface area contributed by atoms with Crippen molar-refractivity contribution in [3.05, 3.63) is 29.8 Å². The van der Waals surface area contributed by atoms with E-state index in [-0.39, 0.29) is 18.2 Å². The lowest BCUT2D eigenvalue weighted by Gasteiger charge is -2.26. The first-order chi connectivity index (χ1) is 11.0. The van der Waals surface area contributed by atoms with Gasteiger partial charge < -0.3 is 9.64 Å². The highest BCUT2D eigenvalue weighted by Gasteiger charge is 2.44. The highest BCUT2D eigenvalue weighted by molar-refractivity contribution is 6.07. The molecule has 1 aromatic carbocycles. The van der Waals surface area contributed by atoms with Gasteiger partial charge in [0.15, 0.2) is 18.2 Å². The van der Waals surface area contributed by atoms with Crippen molar-refractivity contribution in [1.29, 1.82) is 0 Å². The molecule has 1 aliphatic carbocycles. The molecule has 122 valence electrons. The van der Waals surface area contributed by atoms with E-state index in [1.807, 2.05) is 0 Å². The molecule has 0 spiro atoms. The number of ether oxygens (including phenoxy) is 1. The number of hydrogen-bond acceptors (Lipinski definition) is 4. The molecule has 1 N–H and O–H groups in total. The van der Waals surface area contributed by atoms with E-state index in [0.29, 0.717) is 6.07 Å². The standard InChI is InChI=1S/C15H14F2N2O4/c16-8-1-4-12(10(17)5-8)23-7-14(21)19(9-2-3-9)11-6-13(20)18-15(11)22/h1,4-5,9,11H,2-3,6-7H2,(H,18,20,22). The van der Waals surface area contributed by atoms with E-state index in [9.17, 15) is 23.2 Å². The molecule has 1 heterocycles. The van der Waals surface area contributed by atoms with Crippen molar-refractivity contribution < 1.29 is 27.9 Å². The molecule has 1 aliphatic heterocycles. The number of benzene rings is 1. The lowest BCUT2D eigenvalue weighted by molar-refractivity contribution is -0.141. The molecule has 3 amide bonds. The zero-order valence-electron chi connectivity index (χ0n) is 12.1. The largest absolute Gasteiger partial charge is 0.481 e. The van der Waals surface area contributed by atoms with Gasteiger partial charge in [0.1, 0.15) is 11.9 Å². The third-order valence-electron chi connectivity index (χ3n) is 3.75. The minimum absolute atomic E-state index is 0.0774. The fourth-order valence-corrected chi connectivity index (χ4v) is 2.56. The summed E-state index contributed by atoms with van der Waals surface area (Å²) in [6.45, 7) is -0.489. The summed E-state index contributed by atoms with van der Waals surface area (Å²) >= 11 is 0. The van der Waals surface area contributed by atoms with Crippen LogP contribution in [0.3, 0.4) is 0 Å². The second-order valence-electron chi connectivity index (χ2n) is 5.53. The Labute approximate surface area is 130 Å². The van der Waals surface area contributed by atoms with E-state index < -0.39 is 42.0 Å². The van der Waals surface area contributed by atoms with Crippen LogP contribution in [0.15, 0.2) is 18.2 Å². The zero-order valence-corrected chi connectivity index (χ0v) is 12.1. The van der Waals surface area contributed by atoms with Crippen LogP contribution < -0.4 is 10.1 Å². The van der Waals surface area contributed by atoms with Crippen LogP contribution >= 0.6 is 0 Å². The first-order valence-corrected chi connectivity index (χ1v) is 7.18. The third kappa shape index (κ3) is 3.30. The number of halogens is 2. The Balaban J connectivity index is 1.67. The van der Waals surface area contributed by atoms with Crippen LogP contribution in [0.5, 0.6) is 5.75 Å². The minimum Gasteiger partial charge on any atom is -0.481 e. The molecule has 0 bridgehead atoms. The van der Waals surface area contributed by atoms with E-state index in [1.165, 1.54) is 4.90 Å². The highest BCUT2D eigenvalue weighted by atomic mass is 19.1. The maximum Gasteiger partial charge on any atom is 0.261 e. The molecule has 8 heteroatoms. The maximum atomic E-state index is 13.5.